The van der Waals surface area contributed by atoms with Crippen LogP contribution in [0.1, 0.15) is 72.6 Å². The summed E-state index contributed by atoms with van der Waals surface area (Å²) in [6.07, 6.45) is 16.2. The summed E-state index contributed by atoms with van der Waals surface area (Å²) in [5.74, 6) is 8.52. The van der Waals surface area contributed by atoms with E-state index in [-0.39, 0.29) is 43.7 Å². The summed E-state index contributed by atoms with van der Waals surface area (Å²) in [6, 6.07) is 0. The van der Waals surface area contributed by atoms with E-state index in [1.54, 1.807) is 0 Å². The molecule has 1 saturated carbocycles. The fraction of sp³-hybridized carbons (Fsp3) is 0.778. The Kier molecular flexibility index (Phi) is 20.1. The van der Waals surface area contributed by atoms with E-state index in [0.717, 1.165) is 25.7 Å². The van der Waals surface area contributed by atoms with E-state index in [2.05, 4.69) is 24.7 Å². The predicted octanol–water partition coefficient (Wildman–Crippen LogP) is 0.630. The van der Waals surface area contributed by atoms with Gasteiger partial charge in [0.25, 0.3) is 0 Å². The van der Waals surface area contributed by atoms with Crippen LogP contribution in [-0.4, -0.2) is 22.9 Å². The van der Waals surface area contributed by atoms with Crippen LogP contribution >= 0.6 is 0 Å². The SMILES string of the molecule is C#CCC1CCCCC1O.CCCCCCC#CCO.[H-].[Na+]. The van der Waals surface area contributed by atoms with Gasteiger partial charge in [0.1, 0.15) is 6.61 Å². The van der Waals surface area contributed by atoms with E-state index in [1.165, 1.54) is 38.5 Å². The molecule has 0 aromatic heterocycles. The van der Waals surface area contributed by atoms with Crippen molar-refractivity contribution in [2.24, 2.45) is 5.92 Å². The van der Waals surface area contributed by atoms with Gasteiger partial charge in [-0.15, -0.1) is 18.3 Å². The quantitative estimate of drug-likeness (QED) is 0.444. The van der Waals surface area contributed by atoms with Crippen molar-refractivity contribution in [1.82, 2.24) is 0 Å². The summed E-state index contributed by atoms with van der Waals surface area (Å²) >= 11 is 0. The van der Waals surface area contributed by atoms with E-state index < -0.39 is 0 Å². The van der Waals surface area contributed by atoms with Crippen LogP contribution < -0.4 is 29.6 Å². The summed E-state index contributed by atoms with van der Waals surface area (Å²) in [6.45, 7) is 2.20. The van der Waals surface area contributed by atoms with Gasteiger partial charge in [0.15, 0.2) is 0 Å². The van der Waals surface area contributed by atoms with Crippen molar-refractivity contribution in [1.29, 1.82) is 0 Å². The Morgan fingerprint density at radius 3 is 2.43 bits per heavy atom. The molecule has 0 spiro atoms. The Labute approximate surface area is 154 Å². The molecule has 0 aromatic rings. The minimum absolute atomic E-state index is 0. The molecule has 0 amide bonds. The van der Waals surface area contributed by atoms with E-state index in [0.29, 0.717) is 5.92 Å². The Morgan fingerprint density at radius 1 is 1.14 bits per heavy atom. The zero-order valence-corrected chi connectivity index (χ0v) is 15.9. The van der Waals surface area contributed by atoms with Crippen LogP contribution in [0, 0.1) is 30.1 Å². The molecule has 0 heterocycles. The summed E-state index contributed by atoms with van der Waals surface area (Å²) in [4.78, 5) is 0. The zero-order valence-electron chi connectivity index (χ0n) is 14.9. The molecular formula is C18H31NaO2. The maximum atomic E-state index is 9.40. The molecule has 1 fully saturated rings. The Bertz CT molecular complexity index is 317. The number of unbranched alkanes of at least 4 members (excludes halogenated alkanes) is 4. The fourth-order valence-corrected chi connectivity index (χ4v) is 2.36. The van der Waals surface area contributed by atoms with Crippen molar-refractivity contribution in [3.63, 3.8) is 0 Å². The van der Waals surface area contributed by atoms with Crippen LogP contribution in [0.15, 0.2) is 0 Å². The molecule has 2 nitrogen and oxygen atoms in total. The van der Waals surface area contributed by atoms with Gasteiger partial charge in [-0.2, -0.15) is 0 Å². The Hall–Kier alpha value is 0.0400. The molecule has 0 aliphatic heterocycles. The molecule has 1 aliphatic carbocycles. The van der Waals surface area contributed by atoms with Crippen molar-refractivity contribution < 1.29 is 41.2 Å². The van der Waals surface area contributed by atoms with Crippen LogP contribution in [0.4, 0.5) is 0 Å². The maximum absolute atomic E-state index is 9.40. The largest absolute Gasteiger partial charge is 1.00 e. The fourth-order valence-electron chi connectivity index (χ4n) is 2.36. The average molecular weight is 302 g/mol. The van der Waals surface area contributed by atoms with E-state index in [1.807, 2.05) is 0 Å². The van der Waals surface area contributed by atoms with Gasteiger partial charge in [-0.3, -0.25) is 0 Å². The van der Waals surface area contributed by atoms with Crippen LogP contribution in [-0.2, 0) is 0 Å². The van der Waals surface area contributed by atoms with Gasteiger partial charge in [0.05, 0.1) is 6.10 Å². The minimum Gasteiger partial charge on any atom is -1.00 e. The first-order chi connectivity index (χ1) is 9.76. The van der Waals surface area contributed by atoms with Gasteiger partial charge in [0, 0.05) is 12.8 Å². The summed E-state index contributed by atoms with van der Waals surface area (Å²) in [5.41, 5.74) is 0. The number of hydrogen-bond acceptors (Lipinski definition) is 2. The number of hydrogen-bond donors (Lipinski definition) is 2. The molecule has 0 saturated heterocycles. The molecule has 1 aliphatic rings. The van der Waals surface area contributed by atoms with Crippen molar-refractivity contribution in [2.75, 3.05) is 6.61 Å². The Balaban J connectivity index is -0.000000301. The van der Waals surface area contributed by atoms with Gasteiger partial charge >= 0.3 is 29.6 Å². The maximum Gasteiger partial charge on any atom is 1.00 e. The standard InChI is InChI=1S/C9H14O.C9H16O.Na.H/c1-2-5-8-6-3-4-7-9(8)10;1-2-3-4-5-6-7-8-9-10;;/h1,8-10H,3-7H2;10H,2-6,9H2,1H3;;/q;;+1;-1. The van der Waals surface area contributed by atoms with E-state index >= 15 is 0 Å². The third-order valence-corrected chi connectivity index (χ3v) is 3.61. The summed E-state index contributed by atoms with van der Waals surface area (Å²) in [7, 11) is 0. The van der Waals surface area contributed by atoms with Crippen LogP contribution in [0.2, 0.25) is 0 Å². The second kappa shape index (κ2) is 18.1. The van der Waals surface area contributed by atoms with Gasteiger partial charge < -0.3 is 11.6 Å². The van der Waals surface area contributed by atoms with Crippen molar-refractivity contribution in [3.8, 4) is 24.2 Å². The third kappa shape index (κ3) is 14.7. The topological polar surface area (TPSA) is 40.5 Å². The average Bonchev–Trinajstić information content (AvgIpc) is 2.46. The van der Waals surface area contributed by atoms with Crippen molar-refractivity contribution in [3.05, 3.63) is 0 Å². The second-order valence-corrected chi connectivity index (χ2v) is 5.34. The first kappa shape index (κ1) is 23.3. The Morgan fingerprint density at radius 2 is 1.86 bits per heavy atom. The van der Waals surface area contributed by atoms with Crippen LogP contribution in [0.25, 0.3) is 0 Å². The number of aliphatic hydroxyl groups excluding tert-OH is 2. The molecule has 3 heteroatoms. The molecule has 1 rings (SSSR count). The molecule has 21 heavy (non-hydrogen) atoms. The normalized spacial score (nSPS) is 19.9. The monoisotopic (exact) mass is 302 g/mol. The van der Waals surface area contributed by atoms with E-state index in [4.69, 9.17) is 11.5 Å². The smallest absolute Gasteiger partial charge is 1.00 e. The third-order valence-electron chi connectivity index (χ3n) is 3.61. The van der Waals surface area contributed by atoms with Crippen LogP contribution in [0.5, 0.6) is 0 Å². The summed E-state index contributed by atoms with van der Waals surface area (Å²) < 4.78 is 0. The van der Waals surface area contributed by atoms with Gasteiger partial charge in [0.2, 0.25) is 0 Å². The molecule has 0 bridgehead atoms. The van der Waals surface area contributed by atoms with Gasteiger partial charge in [-0.25, -0.2) is 0 Å². The first-order valence-electron chi connectivity index (χ1n) is 7.94. The number of aliphatic hydroxyl groups is 2. The molecule has 116 valence electrons. The van der Waals surface area contributed by atoms with Crippen molar-refractivity contribution in [2.45, 2.75) is 77.2 Å². The second-order valence-electron chi connectivity index (χ2n) is 5.34. The molecule has 0 aromatic carbocycles. The molecule has 2 unspecified atom stereocenters. The van der Waals surface area contributed by atoms with Crippen molar-refractivity contribution >= 4 is 0 Å². The number of rotatable bonds is 5. The summed E-state index contributed by atoms with van der Waals surface area (Å²) in [5, 5.41) is 17.7. The predicted molar refractivity (Wildman–Crippen MR) is 86.1 cm³/mol. The molecule has 0 radical (unpaired) electrons. The van der Waals surface area contributed by atoms with Gasteiger partial charge in [-0.1, -0.05) is 44.9 Å². The van der Waals surface area contributed by atoms with E-state index in [9.17, 15) is 5.11 Å². The molecule has 2 atom stereocenters. The van der Waals surface area contributed by atoms with Crippen LogP contribution in [0.3, 0.4) is 0 Å². The number of terminal acetylenes is 1. The van der Waals surface area contributed by atoms with Gasteiger partial charge in [-0.05, 0) is 25.2 Å². The minimum atomic E-state index is -0.121. The molecule has 2 N–H and O–H groups in total. The zero-order chi connectivity index (χ0) is 15.1. The first-order valence-corrected chi connectivity index (χ1v) is 7.94. The molecular weight excluding hydrogens is 271 g/mol.